The highest BCUT2D eigenvalue weighted by atomic mass is 32.2. The van der Waals surface area contributed by atoms with Crippen molar-refractivity contribution in [3.63, 3.8) is 0 Å². The van der Waals surface area contributed by atoms with E-state index in [1.54, 1.807) is 23.5 Å². The number of hydrogen-bond donors (Lipinski definition) is 0. The van der Waals surface area contributed by atoms with Gasteiger partial charge in [0.05, 0.1) is 18.0 Å². The molecule has 0 aliphatic rings. The van der Waals surface area contributed by atoms with Gasteiger partial charge < -0.3 is 4.74 Å². The van der Waals surface area contributed by atoms with Crippen molar-refractivity contribution in [1.82, 2.24) is 19.2 Å². The molecule has 0 unspecified atom stereocenters. The van der Waals surface area contributed by atoms with Gasteiger partial charge in [-0.15, -0.1) is 16.8 Å². The normalized spacial score (nSPS) is 12.4. The second kappa shape index (κ2) is 6.48. The lowest BCUT2D eigenvalue weighted by Gasteiger charge is -2.11. The Labute approximate surface area is 141 Å². The van der Waals surface area contributed by atoms with Gasteiger partial charge in [-0.2, -0.15) is 0 Å². The van der Waals surface area contributed by atoms with Gasteiger partial charge in [-0.3, -0.25) is 18.6 Å². The van der Waals surface area contributed by atoms with Crippen LogP contribution in [-0.2, 0) is 16.1 Å². The molecule has 0 radical (unpaired) electrons. The van der Waals surface area contributed by atoms with Crippen molar-refractivity contribution in [3.8, 4) is 0 Å². The molecule has 2 heterocycles. The molecular formula is C16H16N4O3S. The summed E-state index contributed by atoms with van der Waals surface area (Å²) >= 11 is 1.23. The molecule has 24 heavy (non-hydrogen) atoms. The molecule has 0 aliphatic heterocycles. The largest absolute Gasteiger partial charge is 0.468 e. The number of aromatic nitrogens is 4. The molecule has 0 bridgehead atoms. The highest BCUT2D eigenvalue weighted by Crippen LogP contribution is 2.25. The molecule has 124 valence electrons. The molecule has 0 fully saturated rings. The van der Waals surface area contributed by atoms with Crippen LogP contribution < -0.4 is 5.56 Å². The molecule has 0 spiro atoms. The van der Waals surface area contributed by atoms with Crippen molar-refractivity contribution in [2.75, 3.05) is 7.11 Å². The van der Waals surface area contributed by atoms with Crippen LogP contribution in [0.5, 0.6) is 0 Å². The van der Waals surface area contributed by atoms with Crippen LogP contribution >= 0.6 is 11.8 Å². The van der Waals surface area contributed by atoms with Crippen molar-refractivity contribution in [2.24, 2.45) is 0 Å². The lowest BCUT2D eigenvalue weighted by molar-refractivity contribution is -0.139. The zero-order chi connectivity index (χ0) is 17.3. The number of ether oxygens (including phenoxy) is 1. The third-order valence-corrected chi connectivity index (χ3v) is 4.63. The van der Waals surface area contributed by atoms with Crippen LogP contribution in [0.4, 0.5) is 0 Å². The Kier molecular flexibility index (Phi) is 4.39. The quantitative estimate of drug-likeness (QED) is 0.399. The van der Waals surface area contributed by atoms with Crippen LogP contribution in [0.3, 0.4) is 0 Å². The molecule has 3 rings (SSSR count). The zero-order valence-electron chi connectivity index (χ0n) is 13.3. The second-order valence-corrected chi connectivity index (χ2v) is 6.43. The fourth-order valence-electron chi connectivity index (χ4n) is 2.48. The highest BCUT2D eigenvalue weighted by Gasteiger charge is 2.21. The predicted molar refractivity (Wildman–Crippen MR) is 92.3 cm³/mol. The van der Waals surface area contributed by atoms with Gasteiger partial charge in [-0.05, 0) is 19.1 Å². The van der Waals surface area contributed by atoms with E-state index in [4.69, 9.17) is 4.74 Å². The third-order valence-electron chi connectivity index (χ3n) is 3.61. The minimum absolute atomic E-state index is 0.150. The van der Waals surface area contributed by atoms with Crippen molar-refractivity contribution in [2.45, 2.75) is 23.9 Å². The first-order chi connectivity index (χ1) is 11.6. The number of fused-ring (bicyclic) bond motifs is 3. The van der Waals surface area contributed by atoms with Crippen LogP contribution in [0.2, 0.25) is 0 Å². The Bertz CT molecular complexity index is 992. The average molecular weight is 344 g/mol. The fraction of sp³-hybridized carbons (Fsp3) is 0.250. The van der Waals surface area contributed by atoms with Crippen molar-refractivity contribution < 1.29 is 9.53 Å². The van der Waals surface area contributed by atoms with Crippen molar-refractivity contribution in [3.05, 3.63) is 47.3 Å². The summed E-state index contributed by atoms with van der Waals surface area (Å²) < 4.78 is 8.05. The molecule has 2 aromatic heterocycles. The van der Waals surface area contributed by atoms with E-state index in [1.165, 1.54) is 23.4 Å². The Morgan fingerprint density at radius 2 is 2.17 bits per heavy atom. The highest BCUT2D eigenvalue weighted by molar-refractivity contribution is 8.00. The number of methoxy groups -OCH3 is 1. The van der Waals surface area contributed by atoms with E-state index in [2.05, 4.69) is 16.8 Å². The fourth-order valence-corrected chi connectivity index (χ4v) is 3.36. The number of carbonyl (C=O) groups is 1. The van der Waals surface area contributed by atoms with Crippen LogP contribution in [0.25, 0.3) is 16.7 Å². The topological polar surface area (TPSA) is 78.5 Å². The standard InChI is InChI=1S/C16H16N4O3S/c1-4-9-19-13(21)11-7-5-6-8-12(11)20-15(19)17-18-16(20)24-10(2)14(22)23-3/h4-8,10H,1,9H2,2-3H3/t10-/m0/s1. The zero-order valence-corrected chi connectivity index (χ0v) is 14.1. The minimum Gasteiger partial charge on any atom is -0.468 e. The van der Waals surface area contributed by atoms with Crippen molar-refractivity contribution in [1.29, 1.82) is 0 Å². The summed E-state index contributed by atoms with van der Waals surface area (Å²) in [4.78, 5) is 24.4. The number of rotatable bonds is 5. The summed E-state index contributed by atoms with van der Waals surface area (Å²) in [6.07, 6.45) is 1.63. The molecule has 0 saturated carbocycles. The molecule has 8 heteroatoms. The van der Waals surface area contributed by atoms with E-state index >= 15 is 0 Å². The van der Waals surface area contributed by atoms with E-state index in [0.29, 0.717) is 28.4 Å². The Hall–Kier alpha value is -2.61. The van der Waals surface area contributed by atoms with Gasteiger partial charge in [0.1, 0.15) is 5.25 Å². The molecule has 7 nitrogen and oxygen atoms in total. The first kappa shape index (κ1) is 16.3. The SMILES string of the molecule is C=CCn1c(=O)c2ccccc2n2c(S[C@@H](C)C(=O)OC)nnc12. The van der Waals surface area contributed by atoms with Gasteiger partial charge in [-0.1, -0.05) is 30.0 Å². The number of nitrogens with zero attached hydrogens (tertiary/aromatic N) is 4. The third kappa shape index (κ3) is 2.58. The van der Waals surface area contributed by atoms with Crippen molar-refractivity contribution >= 4 is 34.4 Å². The van der Waals surface area contributed by atoms with E-state index in [9.17, 15) is 9.59 Å². The first-order valence-electron chi connectivity index (χ1n) is 7.30. The predicted octanol–water partition coefficient (Wildman–Crippen LogP) is 1.88. The minimum atomic E-state index is -0.444. The molecular weight excluding hydrogens is 328 g/mol. The first-order valence-corrected chi connectivity index (χ1v) is 8.18. The average Bonchev–Trinajstić information content (AvgIpc) is 3.01. The van der Waals surface area contributed by atoms with Crippen LogP contribution in [-0.4, -0.2) is 37.5 Å². The second-order valence-electron chi connectivity index (χ2n) is 5.12. The number of esters is 1. The number of carbonyl (C=O) groups excluding carboxylic acids is 1. The van der Waals surface area contributed by atoms with E-state index in [1.807, 2.05) is 18.2 Å². The monoisotopic (exact) mass is 344 g/mol. The lowest BCUT2D eigenvalue weighted by atomic mass is 10.2. The van der Waals surface area contributed by atoms with Gasteiger partial charge in [-0.25, -0.2) is 0 Å². The van der Waals surface area contributed by atoms with Crippen LogP contribution in [0, 0.1) is 0 Å². The van der Waals surface area contributed by atoms with Gasteiger partial charge in [0.15, 0.2) is 5.16 Å². The van der Waals surface area contributed by atoms with Gasteiger partial charge >= 0.3 is 5.97 Å². The van der Waals surface area contributed by atoms with Crippen LogP contribution in [0.1, 0.15) is 6.92 Å². The van der Waals surface area contributed by atoms with E-state index in [-0.39, 0.29) is 11.5 Å². The molecule has 0 aliphatic carbocycles. The smallest absolute Gasteiger partial charge is 0.318 e. The number of hydrogen-bond acceptors (Lipinski definition) is 6. The van der Waals surface area contributed by atoms with Gasteiger partial charge in [0.2, 0.25) is 5.78 Å². The molecule has 3 aromatic rings. The summed E-state index contributed by atoms with van der Waals surface area (Å²) in [5.74, 6) is 0.0682. The van der Waals surface area contributed by atoms with Gasteiger partial charge in [0.25, 0.3) is 5.56 Å². The van der Waals surface area contributed by atoms with E-state index < -0.39 is 5.25 Å². The molecule has 1 atom stereocenters. The summed E-state index contributed by atoms with van der Waals surface area (Å²) in [7, 11) is 1.35. The van der Waals surface area contributed by atoms with E-state index in [0.717, 1.165) is 0 Å². The molecule has 0 amide bonds. The number of benzene rings is 1. The maximum absolute atomic E-state index is 12.7. The lowest BCUT2D eigenvalue weighted by Crippen LogP contribution is -2.23. The summed E-state index contributed by atoms with van der Waals surface area (Å²) in [5, 5.41) is 8.94. The summed E-state index contributed by atoms with van der Waals surface area (Å²) in [6, 6.07) is 7.24. The Balaban J connectivity index is 2.28. The summed E-state index contributed by atoms with van der Waals surface area (Å²) in [5.41, 5.74) is 0.547. The van der Waals surface area contributed by atoms with Crippen LogP contribution in [0.15, 0.2) is 46.9 Å². The number of thioether (sulfide) groups is 1. The molecule has 1 aromatic carbocycles. The Morgan fingerprint density at radius 3 is 2.88 bits per heavy atom. The number of para-hydroxylation sites is 1. The molecule has 0 saturated heterocycles. The van der Waals surface area contributed by atoms with Gasteiger partial charge in [0, 0.05) is 6.54 Å². The summed E-state index contributed by atoms with van der Waals surface area (Å²) in [6.45, 7) is 5.75. The maximum atomic E-state index is 12.7. The number of allylic oxidation sites excluding steroid dienone is 1. The molecule has 0 N–H and O–H groups in total. The maximum Gasteiger partial charge on any atom is 0.318 e. The Morgan fingerprint density at radius 1 is 1.42 bits per heavy atom.